The van der Waals surface area contributed by atoms with Gasteiger partial charge in [-0.1, -0.05) is 24.3 Å². The number of ether oxygens (including phenoxy) is 3. The molecule has 2 heterocycles. The van der Waals surface area contributed by atoms with E-state index in [-0.39, 0.29) is 17.9 Å². The highest BCUT2D eigenvalue weighted by Gasteiger charge is 2.31. The summed E-state index contributed by atoms with van der Waals surface area (Å²) in [5.41, 5.74) is 3.53. The van der Waals surface area contributed by atoms with Crippen LogP contribution in [0.4, 0.5) is 0 Å². The van der Waals surface area contributed by atoms with E-state index in [1.54, 1.807) is 12.0 Å². The molecule has 0 radical (unpaired) electrons. The third kappa shape index (κ3) is 3.65. The van der Waals surface area contributed by atoms with Gasteiger partial charge in [-0.15, -0.1) is 0 Å². The summed E-state index contributed by atoms with van der Waals surface area (Å²) in [5.74, 6) is 1.53. The Hall–Kier alpha value is -2.53. The molecule has 2 unspecified atom stereocenters. The van der Waals surface area contributed by atoms with E-state index in [1.807, 2.05) is 31.3 Å². The van der Waals surface area contributed by atoms with Crippen LogP contribution in [0.3, 0.4) is 0 Å². The summed E-state index contributed by atoms with van der Waals surface area (Å²) in [4.78, 5) is 14.8. The molecule has 27 heavy (non-hydrogen) atoms. The van der Waals surface area contributed by atoms with E-state index in [1.165, 1.54) is 11.1 Å². The fourth-order valence-electron chi connectivity index (χ4n) is 3.93. The molecule has 0 N–H and O–H groups in total. The van der Waals surface area contributed by atoms with Crippen LogP contribution in [0.15, 0.2) is 42.5 Å². The van der Waals surface area contributed by atoms with Crippen LogP contribution >= 0.6 is 0 Å². The lowest BCUT2D eigenvalue weighted by Gasteiger charge is -2.32. The summed E-state index contributed by atoms with van der Waals surface area (Å²) >= 11 is 0. The number of carbonyl (C=O) groups is 1. The van der Waals surface area contributed by atoms with Gasteiger partial charge in [0.25, 0.3) is 0 Å². The molecule has 2 aromatic carbocycles. The number of fused-ring (bicyclic) bond motifs is 2. The summed E-state index contributed by atoms with van der Waals surface area (Å²) in [6, 6.07) is 14.1. The van der Waals surface area contributed by atoms with Gasteiger partial charge < -0.3 is 19.1 Å². The van der Waals surface area contributed by atoms with E-state index in [9.17, 15) is 4.79 Å². The molecular formula is C22H25NO4. The lowest BCUT2D eigenvalue weighted by atomic mass is 9.94. The monoisotopic (exact) mass is 367 g/mol. The normalized spacial score (nSPS) is 20.8. The molecule has 0 bridgehead atoms. The summed E-state index contributed by atoms with van der Waals surface area (Å²) in [5, 5.41) is 0. The predicted octanol–water partition coefficient (Wildman–Crippen LogP) is 3.02. The molecule has 2 atom stereocenters. The van der Waals surface area contributed by atoms with E-state index < -0.39 is 0 Å². The van der Waals surface area contributed by atoms with Crippen molar-refractivity contribution in [3.05, 3.63) is 59.2 Å². The molecule has 2 aliphatic rings. The Labute approximate surface area is 159 Å². The zero-order chi connectivity index (χ0) is 18.8. The van der Waals surface area contributed by atoms with Gasteiger partial charge in [-0.05, 0) is 47.7 Å². The second-order valence-corrected chi connectivity index (χ2v) is 7.21. The molecule has 0 saturated heterocycles. The van der Waals surface area contributed by atoms with Gasteiger partial charge in [-0.25, -0.2) is 0 Å². The number of likely N-dealkylation sites (N-methyl/N-ethyl adjacent to an activating group) is 1. The first kappa shape index (κ1) is 17.9. The van der Waals surface area contributed by atoms with Crippen LogP contribution in [0, 0.1) is 5.92 Å². The standard InChI is InChI=1S/C22H25NO4/c1-23(13-21-19-6-4-3-5-15(19)9-10-26-21)22(24)17-11-16-12-18(25-2)7-8-20(16)27-14-17/h3-8,12,17,21H,9-11,13-14H2,1-2H3. The Kier molecular flexibility index (Phi) is 5.03. The second-order valence-electron chi connectivity index (χ2n) is 7.21. The smallest absolute Gasteiger partial charge is 0.229 e. The van der Waals surface area contributed by atoms with Crippen LogP contribution in [-0.2, 0) is 22.4 Å². The highest BCUT2D eigenvalue weighted by molar-refractivity contribution is 5.79. The predicted molar refractivity (Wildman–Crippen MR) is 102 cm³/mol. The first-order chi connectivity index (χ1) is 13.2. The number of amides is 1. The number of rotatable bonds is 4. The van der Waals surface area contributed by atoms with Gasteiger partial charge in [0.05, 0.1) is 26.2 Å². The molecule has 1 amide bonds. The van der Waals surface area contributed by atoms with Crippen LogP contribution in [-0.4, -0.2) is 44.7 Å². The number of hydrogen-bond donors (Lipinski definition) is 0. The molecule has 4 rings (SSSR count). The second kappa shape index (κ2) is 7.61. The van der Waals surface area contributed by atoms with Crippen molar-refractivity contribution in [2.45, 2.75) is 18.9 Å². The minimum Gasteiger partial charge on any atom is -0.497 e. The van der Waals surface area contributed by atoms with Gasteiger partial charge in [0.1, 0.15) is 24.2 Å². The van der Waals surface area contributed by atoms with E-state index in [0.29, 0.717) is 26.2 Å². The lowest BCUT2D eigenvalue weighted by molar-refractivity contribution is -0.137. The summed E-state index contributed by atoms with van der Waals surface area (Å²) in [6.07, 6.45) is 1.53. The Bertz CT molecular complexity index is 835. The Morgan fingerprint density at radius 1 is 1.22 bits per heavy atom. The van der Waals surface area contributed by atoms with Gasteiger partial charge in [-0.2, -0.15) is 0 Å². The first-order valence-electron chi connectivity index (χ1n) is 9.40. The third-order valence-corrected chi connectivity index (χ3v) is 5.43. The van der Waals surface area contributed by atoms with Gasteiger partial charge in [0, 0.05) is 7.05 Å². The van der Waals surface area contributed by atoms with E-state index in [4.69, 9.17) is 14.2 Å². The molecule has 0 spiro atoms. The maximum Gasteiger partial charge on any atom is 0.229 e. The highest BCUT2D eigenvalue weighted by Crippen LogP contribution is 2.32. The number of benzene rings is 2. The fourth-order valence-corrected chi connectivity index (χ4v) is 3.93. The Morgan fingerprint density at radius 3 is 2.93 bits per heavy atom. The van der Waals surface area contributed by atoms with Crippen molar-refractivity contribution in [2.75, 3.05) is 33.9 Å². The molecule has 0 aliphatic carbocycles. The van der Waals surface area contributed by atoms with E-state index >= 15 is 0 Å². The van der Waals surface area contributed by atoms with E-state index in [0.717, 1.165) is 23.5 Å². The van der Waals surface area contributed by atoms with Crippen LogP contribution in [0.1, 0.15) is 22.8 Å². The molecule has 0 aromatic heterocycles. The largest absolute Gasteiger partial charge is 0.497 e. The van der Waals surface area contributed by atoms with Crippen molar-refractivity contribution in [2.24, 2.45) is 5.92 Å². The van der Waals surface area contributed by atoms with Crippen molar-refractivity contribution in [1.29, 1.82) is 0 Å². The number of carbonyl (C=O) groups excluding carboxylic acids is 1. The van der Waals surface area contributed by atoms with Crippen molar-refractivity contribution in [1.82, 2.24) is 4.90 Å². The lowest BCUT2D eigenvalue weighted by Crippen LogP contribution is -2.41. The maximum absolute atomic E-state index is 13.0. The van der Waals surface area contributed by atoms with Crippen molar-refractivity contribution < 1.29 is 19.0 Å². The minimum atomic E-state index is -0.187. The average Bonchev–Trinajstić information content (AvgIpc) is 2.72. The van der Waals surface area contributed by atoms with Gasteiger partial charge in [0.2, 0.25) is 5.91 Å². The third-order valence-electron chi connectivity index (χ3n) is 5.43. The molecule has 0 fully saturated rings. The summed E-state index contributed by atoms with van der Waals surface area (Å²) in [7, 11) is 3.49. The first-order valence-corrected chi connectivity index (χ1v) is 9.40. The SMILES string of the molecule is COc1ccc2c(c1)CC(C(=O)N(C)CC1OCCc3ccccc31)CO2. The fraction of sp³-hybridized carbons (Fsp3) is 0.409. The molecular weight excluding hydrogens is 342 g/mol. The number of hydrogen-bond acceptors (Lipinski definition) is 4. The molecule has 2 aromatic rings. The highest BCUT2D eigenvalue weighted by atomic mass is 16.5. The zero-order valence-corrected chi connectivity index (χ0v) is 15.8. The molecule has 5 nitrogen and oxygen atoms in total. The van der Waals surface area contributed by atoms with Crippen LogP contribution < -0.4 is 9.47 Å². The van der Waals surface area contributed by atoms with Crippen molar-refractivity contribution in [3.63, 3.8) is 0 Å². The van der Waals surface area contributed by atoms with Crippen LogP contribution in [0.25, 0.3) is 0 Å². The summed E-state index contributed by atoms with van der Waals surface area (Å²) < 4.78 is 17.1. The van der Waals surface area contributed by atoms with Gasteiger partial charge in [-0.3, -0.25) is 4.79 Å². The zero-order valence-electron chi connectivity index (χ0n) is 15.8. The van der Waals surface area contributed by atoms with Crippen LogP contribution in [0.5, 0.6) is 11.5 Å². The topological polar surface area (TPSA) is 48.0 Å². The summed E-state index contributed by atoms with van der Waals surface area (Å²) in [6.45, 7) is 1.66. The van der Waals surface area contributed by atoms with E-state index in [2.05, 4.69) is 18.2 Å². The molecule has 5 heteroatoms. The Balaban J connectivity index is 1.44. The average molecular weight is 367 g/mol. The van der Waals surface area contributed by atoms with Crippen molar-refractivity contribution in [3.8, 4) is 11.5 Å². The minimum absolute atomic E-state index is 0.0687. The number of nitrogens with zero attached hydrogens (tertiary/aromatic N) is 1. The van der Waals surface area contributed by atoms with Gasteiger partial charge in [0.15, 0.2) is 0 Å². The molecule has 0 saturated carbocycles. The van der Waals surface area contributed by atoms with Gasteiger partial charge >= 0.3 is 0 Å². The Morgan fingerprint density at radius 2 is 2.07 bits per heavy atom. The number of methoxy groups -OCH3 is 1. The molecule has 2 aliphatic heterocycles. The quantitative estimate of drug-likeness (QED) is 0.833. The molecule has 142 valence electrons. The van der Waals surface area contributed by atoms with Crippen molar-refractivity contribution >= 4 is 5.91 Å². The van der Waals surface area contributed by atoms with Crippen LogP contribution in [0.2, 0.25) is 0 Å². The maximum atomic E-state index is 13.0.